The van der Waals surface area contributed by atoms with Crippen LogP contribution in [0, 0.1) is 5.92 Å². The third-order valence-electron chi connectivity index (χ3n) is 3.42. The second-order valence-electron chi connectivity index (χ2n) is 4.90. The highest BCUT2D eigenvalue weighted by Crippen LogP contribution is 2.24. The van der Waals surface area contributed by atoms with E-state index < -0.39 is 0 Å². The van der Waals surface area contributed by atoms with Crippen LogP contribution in [-0.2, 0) is 4.79 Å². The van der Waals surface area contributed by atoms with Gasteiger partial charge in [0.05, 0.1) is 5.33 Å². The van der Waals surface area contributed by atoms with Gasteiger partial charge in [0.2, 0.25) is 5.91 Å². The van der Waals surface area contributed by atoms with Crippen molar-refractivity contribution in [3.63, 3.8) is 0 Å². The Morgan fingerprint density at radius 1 is 1.33 bits per heavy atom. The number of benzene rings is 1. The number of nitrogens with zero attached hydrogens (tertiary/aromatic N) is 1. The van der Waals surface area contributed by atoms with E-state index in [0.717, 1.165) is 24.7 Å². The summed E-state index contributed by atoms with van der Waals surface area (Å²) in [5.74, 6) is 0.827. The van der Waals surface area contributed by atoms with Crippen molar-refractivity contribution in [2.75, 3.05) is 28.6 Å². The first-order valence-corrected chi connectivity index (χ1v) is 7.52. The Morgan fingerprint density at radius 2 is 1.94 bits per heavy atom. The summed E-state index contributed by atoms with van der Waals surface area (Å²) in [6.07, 6.45) is 2.53. The van der Waals surface area contributed by atoms with Crippen LogP contribution in [0.5, 0.6) is 0 Å². The maximum absolute atomic E-state index is 11.2. The van der Waals surface area contributed by atoms with Crippen molar-refractivity contribution in [3.05, 3.63) is 24.3 Å². The maximum atomic E-state index is 11.2. The molecule has 1 N–H and O–H groups in total. The van der Waals surface area contributed by atoms with E-state index >= 15 is 0 Å². The minimum Gasteiger partial charge on any atom is -0.372 e. The third-order valence-corrected chi connectivity index (χ3v) is 3.93. The lowest BCUT2D eigenvalue weighted by Gasteiger charge is -2.32. The molecule has 1 aliphatic rings. The first-order valence-electron chi connectivity index (χ1n) is 6.40. The molecule has 0 spiro atoms. The van der Waals surface area contributed by atoms with Crippen LogP contribution < -0.4 is 10.2 Å². The van der Waals surface area contributed by atoms with E-state index in [9.17, 15) is 4.79 Å². The van der Waals surface area contributed by atoms with Gasteiger partial charge >= 0.3 is 0 Å². The Bertz CT molecular complexity index is 397. The topological polar surface area (TPSA) is 32.3 Å². The number of nitrogens with one attached hydrogen (secondary N) is 1. The van der Waals surface area contributed by atoms with Gasteiger partial charge < -0.3 is 10.2 Å². The summed E-state index contributed by atoms with van der Waals surface area (Å²) in [6, 6.07) is 8.10. The summed E-state index contributed by atoms with van der Waals surface area (Å²) in [6.45, 7) is 4.58. The predicted octanol–water partition coefficient (Wildman–Crippen LogP) is 3.26. The first-order chi connectivity index (χ1) is 8.69. The van der Waals surface area contributed by atoms with Gasteiger partial charge in [-0.25, -0.2) is 0 Å². The number of piperidine rings is 1. The molecule has 1 fully saturated rings. The molecule has 1 heterocycles. The summed E-state index contributed by atoms with van der Waals surface area (Å²) in [7, 11) is 0. The molecule has 0 aliphatic carbocycles. The van der Waals surface area contributed by atoms with E-state index in [1.165, 1.54) is 18.5 Å². The fourth-order valence-electron chi connectivity index (χ4n) is 2.22. The maximum Gasteiger partial charge on any atom is 0.235 e. The predicted molar refractivity (Wildman–Crippen MR) is 79.5 cm³/mol. The molecule has 1 aromatic carbocycles. The first kappa shape index (κ1) is 13.4. The van der Waals surface area contributed by atoms with Crippen molar-refractivity contribution in [2.24, 2.45) is 5.92 Å². The highest BCUT2D eigenvalue weighted by molar-refractivity contribution is 9.09. The minimum atomic E-state index is -0.0189. The van der Waals surface area contributed by atoms with Crippen LogP contribution in [0.25, 0.3) is 0 Å². The van der Waals surface area contributed by atoms with Crippen LogP contribution in [0.1, 0.15) is 19.8 Å². The summed E-state index contributed by atoms with van der Waals surface area (Å²) in [4.78, 5) is 13.6. The van der Waals surface area contributed by atoms with Gasteiger partial charge in [-0.1, -0.05) is 22.9 Å². The molecule has 0 aromatic heterocycles. The average molecular weight is 311 g/mol. The number of anilines is 2. The molecular weight excluding hydrogens is 292 g/mol. The Kier molecular flexibility index (Phi) is 4.64. The molecule has 2 rings (SSSR count). The molecule has 0 unspecified atom stereocenters. The number of hydrogen-bond acceptors (Lipinski definition) is 2. The molecule has 1 saturated heterocycles. The zero-order valence-electron chi connectivity index (χ0n) is 10.7. The number of halogens is 1. The molecule has 18 heavy (non-hydrogen) atoms. The summed E-state index contributed by atoms with van der Waals surface area (Å²) >= 11 is 3.13. The van der Waals surface area contributed by atoms with Crippen molar-refractivity contribution in [1.82, 2.24) is 0 Å². The van der Waals surface area contributed by atoms with Gasteiger partial charge in [-0.15, -0.1) is 0 Å². The minimum absolute atomic E-state index is 0.0189. The Morgan fingerprint density at radius 3 is 2.50 bits per heavy atom. The van der Waals surface area contributed by atoms with Crippen molar-refractivity contribution >= 4 is 33.2 Å². The smallest absolute Gasteiger partial charge is 0.235 e. The van der Waals surface area contributed by atoms with Gasteiger partial charge in [-0.3, -0.25) is 4.79 Å². The van der Waals surface area contributed by atoms with Gasteiger partial charge in [0.1, 0.15) is 0 Å². The lowest BCUT2D eigenvalue weighted by molar-refractivity contribution is -0.113. The third kappa shape index (κ3) is 3.48. The standard InChI is InChI=1S/C14H19BrN2O/c1-11-6-8-17(9-7-11)13-4-2-12(3-5-13)16-14(18)10-15/h2-5,11H,6-10H2,1H3,(H,16,18). The van der Waals surface area contributed by atoms with Crippen LogP contribution in [0.15, 0.2) is 24.3 Å². The fourth-order valence-corrected chi connectivity index (χ4v) is 2.36. The number of carbonyl (C=O) groups excluding carboxylic acids is 1. The van der Waals surface area contributed by atoms with Crippen molar-refractivity contribution in [1.29, 1.82) is 0 Å². The van der Waals surface area contributed by atoms with E-state index in [1.807, 2.05) is 12.1 Å². The van der Waals surface area contributed by atoms with E-state index in [-0.39, 0.29) is 5.91 Å². The second-order valence-corrected chi connectivity index (χ2v) is 5.46. The van der Waals surface area contributed by atoms with Gasteiger partial charge in [0.25, 0.3) is 0 Å². The van der Waals surface area contributed by atoms with Gasteiger partial charge in [-0.2, -0.15) is 0 Å². The van der Waals surface area contributed by atoms with Crippen LogP contribution >= 0.6 is 15.9 Å². The lowest BCUT2D eigenvalue weighted by atomic mass is 9.99. The highest BCUT2D eigenvalue weighted by atomic mass is 79.9. The molecule has 4 heteroatoms. The van der Waals surface area contributed by atoms with Crippen molar-refractivity contribution in [3.8, 4) is 0 Å². The molecule has 0 radical (unpaired) electrons. The zero-order chi connectivity index (χ0) is 13.0. The number of alkyl halides is 1. The van der Waals surface area contributed by atoms with Crippen LogP contribution in [0.4, 0.5) is 11.4 Å². The molecule has 1 amide bonds. The monoisotopic (exact) mass is 310 g/mol. The largest absolute Gasteiger partial charge is 0.372 e. The number of carbonyl (C=O) groups is 1. The zero-order valence-corrected chi connectivity index (χ0v) is 12.2. The quantitative estimate of drug-likeness (QED) is 0.869. The van der Waals surface area contributed by atoms with E-state index in [2.05, 4.69) is 45.2 Å². The van der Waals surface area contributed by atoms with Crippen molar-refractivity contribution < 1.29 is 4.79 Å². The molecule has 0 bridgehead atoms. The van der Waals surface area contributed by atoms with E-state index in [0.29, 0.717) is 5.33 Å². The molecule has 0 atom stereocenters. The molecule has 3 nitrogen and oxygen atoms in total. The normalized spacial score (nSPS) is 16.7. The Hall–Kier alpha value is -1.03. The average Bonchev–Trinajstić information content (AvgIpc) is 2.40. The Balaban J connectivity index is 1.97. The number of rotatable bonds is 3. The molecule has 1 aromatic rings. The summed E-state index contributed by atoms with van der Waals surface area (Å²) in [5.41, 5.74) is 2.10. The number of hydrogen-bond donors (Lipinski definition) is 1. The second kappa shape index (κ2) is 6.23. The van der Waals surface area contributed by atoms with Gasteiger partial charge in [0.15, 0.2) is 0 Å². The van der Waals surface area contributed by atoms with Gasteiger partial charge in [-0.05, 0) is 43.0 Å². The van der Waals surface area contributed by atoms with Crippen LogP contribution in [-0.4, -0.2) is 24.3 Å². The fraction of sp³-hybridized carbons (Fsp3) is 0.500. The van der Waals surface area contributed by atoms with Gasteiger partial charge in [0, 0.05) is 24.5 Å². The van der Waals surface area contributed by atoms with Crippen molar-refractivity contribution in [2.45, 2.75) is 19.8 Å². The number of amides is 1. The van der Waals surface area contributed by atoms with E-state index in [4.69, 9.17) is 0 Å². The molecule has 98 valence electrons. The lowest BCUT2D eigenvalue weighted by Crippen LogP contribution is -2.32. The van der Waals surface area contributed by atoms with Crippen LogP contribution in [0.3, 0.4) is 0 Å². The summed E-state index contributed by atoms with van der Waals surface area (Å²) < 4.78 is 0. The molecular formula is C14H19BrN2O. The SMILES string of the molecule is CC1CCN(c2ccc(NC(=O)CBr)cc2)CC1. The summed E-state index contributed by atoms with van der Waals surface area (Å²) in [5, 5.41) is 3.16. The van der Waals surface area contributed by atoms with Crippen LogP contribution in [0.2, 0.25) is 0 Å². The molecule has 1 aliphatic heterocycles. The highest BCUT2D eigenvalue weighted by Gasteiger charge is 2.15. The van der Waals surface area contributed by atoms with E-state index in [1.54, 1.807) is 0 Å². The molecule has 0 saturated carbocycles. The Labute approximate surface area is 117 Å².